The van der Waals surface area contributed by atoms with Crippen molar-refractivity contribution >= 4 is 5.95 Å². The molecule has 1 aromatic heterocycles. The molecule has 0 aliphatic carbocycles. The number of benzene rings is 1. The van der Waals surface area contributed by atoms with Gasteiger partial charge < -0.3 is 10.4 Å². The minimum absolute atomic E-state index is 0.314. The van der Waals surface area contributed by atoms with Crippen LogP contribution in [0.25, 0.3) is 11.3 Å². The number of aliphatic hydroxyl groups is 1. The molecule has 0 aliphatic rings. The maximum atomic E-state index is 13.1. The quantitative estimate of drug-likeness (QED) is 0.860. The van der Waals surface area contributed by atoms with Crippen molar-refractivity contribution in [2.24, 2.45) is 0 Å². The second kappa shape index (κ2) is 6.19. The number of nitrogens with one attached hydrogen (secondary N) is 1. The summed E-state index contributed by atoms with van der Waals surface area (Å²) in [6, 6.07) is 6.11. The van der Waals surface area contributed by atoms with Crippen molar-refractivity contribution in [1.82, 2.24) is 15.2 Å². The van der Waals surface area contributed by atoms with E-state index in [0.717, 1.165) is 0 Å². The second-order valence-electron chi connectivity index (χ2n) is 4.12. The van der Waals surface area contributed by atoms with Crippen molar-refractivity contribution in [1.29, 1.82) is 0 Å². The highest BCUT2D eigenvalue weighted by Gasteiger charge is 2.06. The first-order valence-corrected chi connectivity index (χ1v) is 6.06. The summed E-state index contributed by atoms with van der Waals surface area (Å²) < 4.78 is 13.1. The summed E-state index contributed by atoms with van der Waals surface area (Å²) >= 11 is 0. The highest BCUT2D eigenvalue weighted by atomic mass is 19.1. The fourth-order valence-corrected chi connectivity index (χ4v) is 1.52. The molecule has 0 unspecified atom stereocenters. The van der Waals surface area contributed by atoms with E-state index in [1.807, 2.05) is 6.92 Å². The predicted molar refractivity (Wildman–Crippen MR) is 70.0 cm³/mol. The summed E-state index contributed by atoms with van der Waals surface area (Å²) in [5.74, 6) is -0.0127. The molecule has 100 valence electrons. The zero-order valence-corrected chi connectivity index (χ0v) is 10.5. The number of hydrogen-bond donors (Lipinski definition) is 2. The van der Waals surface area contributed by atoms with Crippen LogP contribution in [0.4, 0.5) is 10.3 Å². The Morgan fingerprint density at radius 3 is 3.00 bits per heavy atom. The van der Waals surface area contributed by atoms with Gasteiger partial charge in [0.1, 0.15) is 5.82 Å². The Labute approximate surface area is 110 Å². The Balaban J connectivity index is 2.15. The van der Waals surface area contributed by atoms with Crippen molar-refractivity contribution in [3.05, 3.63) is 36.3 Å². The van der Waals surface area contributed by atoms with E-state index in [9.17, 15) is 9.50 Å². The first-order chi connectivity index (χ1) is 9.19. The molecule has 0 radical (unpaired) electrons. The molecule has 5 nitrogen and oxygen atoms in total. The molecule has 2 rings (SSSR count). The third kappa shape index (κ3) is 3.69. The zero-order valence-electron chi connectivity index (χ0n) is 10.5. The molecule has 0 fully saturated rings. The van der Waals surface area contributed by atoms with E-state index in [1.54, 1.807) is 12.1 Å². The topological polar surface area (TPSA) is 70.9 Å². The zero-order chi connectivity index (χ0) is 13.7. The van der Waals surface area contributed by atoms with Gasteiger partial charge in [-0.3, -0.25) is 0 Å². The molecule has 0 saturated carbocycles. The van der Waals surface area contributed by atoms with E-state index in [1.165, 1.54) is 18.3 Å². The molecular formula is C13H15FN4O. The number of aromatic nitrogens is 3. The van der Waals surface area contributed by atoms with Gasteiger partial charge in [-0.05, 0) is 18.6 Å². The molecule has 1 atom stereocenters. The Morgan fingerprint density at radius 2 is 2.26 bits per heavy atom. The van der Waals surface area contributed by atoms with Gasteiger partial charge in [-0.2, -0.15) is 5.10 Å². The Hall–Kier alpha value is -2.08. The summed E-state index contributed by atoms with van der Waals surface area (Å²) in [5, 5.41) is 20.0. The van der Waals surface area contributed by atoms with Gasteiger partial charge >= 0.3 is 0 Å². The average Bonchev–Trinajstić information content (AvgIpc) is 2.45. The molecule has 0 spiro atoms. The molecular weight excluding hydrogens is 247 g/mol. The third-order valence-electron chi connectivity index (χ3n) is 2.65. The standard InChI is InChI=1S/C13H15FN4O/c1-2-11(19)7-15-13-17-12(8-16-18-13)9-4-3-5-10(14)6-9/h3-6,8,11,19H,2,7H2,1H3,(H,15,17,18)/t11-/m1/s1. The fourth-order valence-electron chi connectivity index (χ4n) is 1.52. The second-order valence-corrected chi connectivity index (χ2v) is 4.12. The van der Waals surface area contributed by atoms with Crippen LogP contribution in [0.2, 0.25) is 0 Å². The first kappa shape index (κ1) is 13.4. The molecule has 1 heterocycles. The van der Waals surface area contributed by atoms with Crippen molar-refractivity contribution in [3.63, 3.8) is 0 Å². The number of aliphatic hydroxyl groups excluding tert-OH is 1. The van der Waals surface area contributed by atoms with Crippen LogP contribution < -0.4 is 5.32 Å². The van der Waals surface area contributed by atoms with E-state index in [2.05, 4.69) is 20.5 Å². The van der Waals surface area contributed by atoms with Gasteiger partial charge in [-0.25, -0.2) is 9.37 Å². The van der Waals surface area contributed by atoms with Crippen LogP contribution in [-0.4, -0.2) is 32.9 Å². The van der Waals surface area contributed by atoms with Crippen LogP contribution in [0, 0.1) is 5.82 Å². The van der Waals surface area contributed by atoms with E-state index in [4.69, 9.17) is 0 Å². The maximum absolute atomic E-state index is 13.1. The van der Waals surface area contributed by atoms with Crippen molar-refractivity contribution in [2.75, 3.05) is 11.9 Å². The lowest BCUT2D eigenvalue weighted by Crippen LogP contribution is -2.19. The SMILES string of the molecule is CC[C@@H](O)CNc1nncc(-c2cccc(F)c2)n1. The van der Waals surface area contributed by atoms with Gasteiger partial charge in [0, 0.05) is 12.1 Å². The first-order valence-electron chi connectivity index (χ1n) is 6.06. The summed E-state index contributed by atoms with van der Waals surface area (Å²) in [7, 11) is 0. The van der Waals surface area contributed by atoms with Crippen LogP contribution >= 0.6 is 0 Å². The van der Waals surface area contributed by atoms with E-state index < -0.39 is 6.10 Å². The summed E-state index contributed by atoms with van der Waals surface area (Å²) in [6.45, 7) is 2.24. The molecule has 6 heteroatoms. The van der Waals surface area contributed by atoms with Gasteiger partial charge in [0.15, 0.2) is 0 Å². The lowest BCUT2D eigenvalue weighted by molar-refractivity contribution is 0.183. The van der Waals surface area contributed by atoms with Gasteiger partial charge in [0.05, 0.1) is 18.0 Å². The van der Waals surface area contributed by atoms with E-state index in [-0.39, 0.29) is 5.82 Å². The summed E-state index contributed by atoms with van der Waals surface area (Å²) in [4.78, 5) is 4.23. The monoisotopic (exact) mass is 262 g/mol. The van der Waals surface area contributed by atoms with Gasteiger partial charge in [-0.1, -0.05) is 19.1 Å². The van der Waals surface area contributed by atoms with Gasteiger partial charge in [-0.15, -0.1) is 5.10 Å². The minimum atomic E-state index is -0.457. The van der Waals surface area contributed by atoms with E-state index >= 15 is 0 Å². The number of anilines is 1. The lowest BCUT2D eigenvalue weighted by atomic mass is 10.2. The van der Waals surface area contributed by atoms with Crippen LogP contribution in [0.3, 0.4) is 0 Å². The molecule has 0 aliphatic heterocycles. The van der Waals surface area contributed by atoms with Crippen LogP contribution in [0.15, 0.2) is 30.5 Å². The predicted octanol–water partition coefficient (Wildman–Crippen LogP) is 1.86. The number of hydrogen-bond acceptors (Lipinski definition) is 5. The molecule has 1 aromatic carbocycles. The summed E-state index contributed by atoms with van der Waals surface area (Å²) in [6.07, 6.45) is 1.65. The number of rotatable bonds is 5. The highest BCUT2D eigenvalue weighted by molar-refractivity contribution is 5.58. The van der Waals surface area contributed by atoms with Crippen LogP contribution in [0.5, 0.6) is 0 Å². The largest absolute Gasteiger partial charge is 0.391 e. The lowest BCUT2D eigenvalue weighted by Gasteiger charge is -2.09. The molecule has 0 saturated heterocycles. The molecule has 2 N–H and O–H groups in total. The molecule has 0 amide bonds. The van der Waals surface area contributed by atoms with Crippen LogP contribution in [-0.2, 0) is 0 Å². The number of halogens is 1. The summed E-state index contributed by atoms with van der Waals surface area (Å²) in [5.41, 5.74) is 1.16. The Kier molecular flexibility index (Phi) is 4.35. The van der Waals surface area contributed by atoms with Crippen molar-refractivity contribution in [3.8, 4) is 11.3 Å². The number of nitrogens with zero attached hydrogens (tertiary/aromatic N) is 3. The molecule has 19 heavy (non-hydrogen) atoms. The fraction of sp³-hybridized carbons (Fsp3) is 0.308. The molecule has 2 aromatic rings. The van der Waals surface area contributed by atoms with Gasteiger partial charge in [0.25, 0.3) is 0 Å². The molecule has 0 bridgehead atoms. The van der Waals surface area contributed by atoms with Gasteiger partial charge in [0.2, 0.25) is 5.95 Å². The third-order valence-corrected chi connectivity index (χ3v) is 2.65. The van der Waals surface area contributed by atoms with Crippen molar-refractivity contribution in [2.45, 2.75) is 19.4 Å². The Bertz CT molecular complexity index is 550. The maximum Gasteiger partial charge on any atom is 0.243 e. The van der Waals surface area contributed by atoms with Crippen LogP contribution in [0.1, 0.15) is 13.3 Å². The average molecular weight is 262 g/mol. The normalized spacial score (nSPS) is 12.2. The Morgan fingerprint density at radius 1 is 1.42 bits per heavy atom. The van der Waals surface area contributed by atoms with E-state index in [0.29, 0.717) is 30.2 Å². The smallest absolute Gasteiger partial charge is 0.243 e. The minimum Gasteiger partial charge on any atom is -0.391 e. The highest BCUT2D eigenvalue weighted by Crippen LogP contribution is 2.17. The van der Waals surface area contributed by atoms with Crippen molar-refractivity contribution < 1.29 is 9.50 Å².